The van der Waals surface area contributed by atoms with Crippen molar-refractivity contribution < 1.29 is 23.8 Å². The molecule has 2 saturated heterocycles. The summed E-state index contributed by atoms with van der Waals surface area (Å²) in [5.41, 5.74) is 2.13. The maximum absolute atomic E-state index is 13.8. The van der Waals surface area contributed by atoms with Crippen LogP contribution < -0.4 is 25.0 Å². The minimum absolute atomic E-state index is 0.151. The lowest BCUT2D eigenvalue weighted by Gasteiger charge is -2.33. The van der Waals surface area contributed by atoms with Crippen molar-refractivity contribution in [3.8, 4) is 22.9 Å². The zero-order valence-electron chi connectivity index (χ0n) is 24.3. The molecule has 1 aromatic heterocycles. The zero-order chi connectivity index (χ0) is 29.4. The van der Waals surface area contributed by atoms with Gasteiger partial charge in [0.25, 0.3) is 5.91 Å². The van der Waals surface area contributed by atoms with Crippen molar-refractivity contribution in [1.82, 2.24) is 14.9 Å². The van der Waals surface area contributed by atoms with Gasteiger partial charge in [0.1, 0.15) is 16.9 Å². The molecule has 2 fully saturated rings. The van der Waals surface area contributed by atoms with E-state index >= 15 is 0 Å². The number of rotatable bonds is 6. The van der Waals surface area contributed by atoms with Crippen LogP contribution in [-0.2, 0) is 4.74 Å². The number of amides is 3. The number of nitrogens with zero attached hydrogens (tertiary/aromatic N) is 4. The van der Waals surface area contributed by atoms with E-state index in [0.717, 1.165) is 18.4 Å². The first-order valence-electron chi connectivity index (χ1n) is 14.3. The number of urea groups is 1. The number of methoxy groups -OCH3 is 1. The van der Waals surface area contributed by atoms with Gasteiger partial charge in [-0.05, 0) is 57.9 Å². The first kappa shape index (κ1) is 27.8. The fourth-order valence-corrected chi connectivity index (χ4v) is 5.77. The Kier molecular flexibility index (Phi) is 7.36. The highest BCUT2D eigenvalue weighted by molar-refractivity contribution is 6.03. The van der Waals surface area contributed by atoms with Gasteiger partial charge in [0, 0.05) is 42.6 Å². The lowest BCUT2D eigenvalue weighted by atomic mass is 10.0. The number of nitrogens with one attached hydrogen (secondary N) is 2. The van der Waals surface area contributed by atoms with Crippen molar-refractivity contribution >= 4 is 29.3 Å². The van der Waals surface area contributed by atoms with E-state index in [1.54, 1.807) is 48.4 Å². The minimum Gasteiger partial charge on any atom is -0.497 e. The van der Waals surface area contributed by atoms with Crippen LogP contribution in [0.4, 0.5) is 22.1 Å². The molecule has 11 nitrogen and oxygen atoms in total. The van der Waals surface area contributed by atoms with E-state index in [9.17, 15) is 9.59 Å². The molecule has 0 saturated carbocycles. The Morgan fingerprint density at radius 3 is 2.45 bits per heavy atom. The summed E-state index contributed by atoms with van der Waals surface area (Å²) in [5, 5.41) is 5.66. The number of morpholine rings is 1. The van der Waals surface area contributed by atoms with E-state index in [2.05, 4.69) is 15.5 Å². The Balaban J connectivity index is 1.32. The smallest absolute Gasteiger partial charge is 0.323 e. The topological polar surface area (TPSA) is 118 Å². The number of carbonyl (C=O) groups is 2. The molecular formula is C31H36N6O5. The summed E-state index contributed by atoms with van der Waals surface area (Å²) in [6, 6.07) is 14.0. The van der Waals surface area contributed by atoms with Gasteiger partial charge in [0.15, 0.2) is 0 Å². The van der Waals surface area contributed by atoms with Crippen molar-refractivity contribution in [3.05, 3.63) is 54.1 Å². The average molecular weight is 573 g/mol. The van der Waals surface area contributed by atoms with Gasteiger partial charge < -0.3 is 34.6 Å². The lowest BCUT2D eigenvalue weighted by Crippen LogP contribution is -2.43. The second-order valence-corrected chi connectivity index (χ2v) is 11.5. The molecular weight excluding hydrogens is 536 g/mol. The standard InChI is InChI=1S/C31H36N6O5/c1-5-36-18-31(2,3)42-27-25(28(36)38)26(34-29(35-27)37-16-23-13-14-24(17-37)41-23)19-9-11-20(12-10-19)32-30(39)33-21-7-6-8-22(15-21)40-4/h6-12,15,23-24H,5,13-14,16-18H2,1-4H3,(H2,32,33,39). The number of anilines is 3. The molecule has 2 aromatic carbocycles. The third kappa shape index (κ3) is 5.69. The molecule has 3 aliphatic rings. The van der Waals surface area contributed by atoms with E-state index in [4.69, 9.17) is 24.2 Å². The molecule has 11 heteroatoms. The summed E-state index contributed by atoms with van der Waals surface area (Å²) >= 11 is 0. The molecule has 2 N–H and O–H groups in total. The van der Waals surface area contributed by atoms with Crippen molar-refractivity contribution in [2.24, 2.45) is 0 Å². The number of fused-ring (bicyclic) bond motifs is 3. The van der Waals surface area contributed by atoms with Gasteiger partial charge in [-0.15, -0.1) is 0 Å². The van der Waals surface area contributed by atoms with E-state index < -0.39 is 5.60 Å². The van der Waals surface area contributed by atoms with Gasteiger partial charge >= 0.3 is 6.03 Å². The molecule has 0 aliphatic carbocycles. The van der Waals surface area contributed by atoms with E-state index in [0.29, 0.717) is 66.4 Å². The highest BCUT2D eigenvalue weighted by atomic mass is 16.5. The Bertz CT molecular complexity index is 1480. The molecule has 2 atom stereocenters. The first-order chi connectivity index (χ1) is 20.2. The third-order valence-corrected chi connectivity index (χ3v) is 7.76. The highest BCUT2D eigenvalue weighted by Crippen LogP contribution is 2.37. The molecule has 0 radical (unpaired) electrons. The van der Waals surface area contributed by atoms with E-state index in [1.165, 1.54) is 0 Å². The van der Waals surface area contributed by atoms with Crippen LogP contribution in [0.5, 0.6) is 11.6 Å². The maximum Gasteiger partial charge on any atom is 0.323 e. The second-order valence-electron chi connectivity index (χ2n) is 11.5. The predicted molar refractivity (Wildman–Crippen MR) is 159 cm³/mol. The quantitative estimate of drug-likeness (QED) is 0.433. The number of aromatic nitrogens is 2. The summed E-state index contributed by atoms with van der Waals surface area (Å²) in [5.74, 6) is 1.30. The summed E-state index contributed by atoms with van der Waals surface area (Å²) in [7, 11) is 1.57. The van der Waals surface area contributed by atoms with E-state index in [1.807, 2.05) is 32.9 Å². The number of hydrogen-bond donors (Lipinski definition) is 2. The third-order valence-electron chi connectivity index (χ3n) is 7.76. The van der Waals surface area contributed by atoms with Gasteiger partial charge in [-0.1, -0.05) is 18.2 Å². The normalized spacial score (nSPS) is 20.8. The molecule has 0 spiro atoms. The molecule has 6 rings (SSSR count). The monoisotopic (exact) mass is 572 g/mol. The fraction of sp³-hybridized carbons (Fsp3) is 0.419. The molecule has 42 heavy (non-hydrogen) atoms. The van der Waals surface area contributed by atoms with Gasteiger partial charge in [-0.3, -0.25) is 4.79 Å². The van der Waals surface area contributed by atoms with Crippen LogP contribution in [0.25, 0.3) is 11.3 Å². The SMILES string of the molecule is CCN1CC(C)(C)Oc2nc(N3CC4CCC(C3)O4)nc(-c3ccc(NC(=O)Nc4cccc(OC)c4)cc3)c2C1=O. The Morgan fingerprint density at radius 1 is 1.05 bits per heavy atom. The maximum atomic E-state index is 13.8. The van der Waals surface area contributed by atoms with Gasteiger partial charge in [0.05, 0.1) is 31.6 Å². The molecule has 220 valence electrons. The Labute approximate surface area is 245 Å². The second kappa shape index (κ2) is 11.1. The van der Waals surface area contributed by atoms with Crippen molar-refractivity contribution in [2.45, 2.75) is 51.4 Å². The molecule has 3 amide bonds. The number of carbonyl (C=O) groups excluding carboxylic acids is 2. The number of ether oxygens (including phenoxy) is 3. The highest BCUT2D eigenvalue weighted by Gasteiger charge is 2.39. The average Bonchev–Trinajstić information content (AvgIpc) is 3.27. The lowest BCUT2D eigenvalue weighted by molar-refractivity contribution is 0.0297. The van der Waals surface area contributed by atoms with Crippen LogP contribution in [0.3, 0.4) is 0 Å². The fourth-order valence-electron chi connectivity index (χ4n) is 5.77. The van der Waals surface area contributed by atoms with Gasteiger partial charge in [-0.25, -0.2) is 9.78 Å². The van der Waals surface area contributed by atoms with Gasteiger partial charge in [-0.2, -0.15) is 4.98 Å². The molecule has 4 heterocycles. The van der Waals surface area contributed by atoms with Crippen LogP contribution >= 0.6 is 0 Å². The van der Waals surface area contributed by atoms with Gasteiger partial charge in [0.2, 0.25) is 11.8 Å². The molecule has 3 aromatic rings. The Morgan fingerprint density at radius 2 is 1.76 bits per heavy atom. The van der Waals surface area contributed by atoms with Crippen molar-refractivity contribution in [3.63, 3.8) is 0 Å². The minimum atomic E-state index is -0.631. The zero-order valence-corrected chi connectivity index (χ0v) is 24.3. The predicted octanol–water partition coefficient (Wildman–Crippen LogP) is 4.80. The Hall–Kier alpha value is -4.38. The number of benzene rings is 2. The van der Waals surface area contributed by atoms with Crippen LogP contribution in [0.2, 0.25) is 0 Å². The number of likely N-dealkylation sites (N-methyl/N-ethyl adjacent to an activating group) is 1. The van der Waals surface area contributed by atoms with Crippen LogP contribution in [0, 0.1) is 0 Å². The van der Waals surface area contributed by atoms with Crippen LogP contribution in [-0.4, -0.2) is 77.9 Å². The largest absolute Gasteiger partial charge is 0.497 e. The number of hydrogen-bond acceptors (Lipinski definition) is 8. The van der Waals surface area contributed by atoms with E-state index in [-0.39, 0.29) is 24.1 Å². The summed E-state index contributed by atoms with van der Waals surface area (Å²) in [6.45, 7) is 8.23. The first-order valence-corrected chi connectivity index (χ1v) is 14.3. The molecule has 3 aliphatic heterocycles. The summed E-state index contributed by atoms with van der Waals surface area (Å²) in [4.78, 5) is 40.2. The van der Waals surface area contributed by atoms with Crippen molar-refractivity contribution in [2.75, 3.05) is 48.8 Å². The van der Waals surface area contributed by atoms with Crippen LogP contribution in [0.15, 0.2) is 48.5 Å². The molecule has 2 unspecified atom stereocenters. The summed E-state index contributed by atoms with van der Waals surface area (Å²) < 4.78 is 17.7. The summed E-state index contributed by atoms with van der Waals surface area (Å²) in [6.07, 6.45) is 2.34. The van der Waals surface area contributed by atoms with Crippen molar-refractivity contribution in [1.29, 1.82) is 0 Å². The van der Waals surface area contributed by atoms with Crippen LogP contribution in [0.1, 0.15) is 44.0 Å². The molecule has 2 bridgehead atoms.